The maximum atomic E-state index is 12.5. The molecule has 0 aliphatic rings. The van der Waals surface area contributed by atoms with Gasteiger partial charge in [0.15, 0.2) is 0 Å². The zero-order valence-corrected chi connectivity index (χ0v) is 14.0. The number of halogens is 1. The summed E-state index contributed by atoms with van der Waals surface area (Å²) in [7, 11) is 1.56. The van der Waals surface area contributed by atoms with Gasteiger partial charge in [-0.15, -0.1) is 0 Å². The maximum Gasteiger partial charge on any atom is 0.255 e. The number of benzene rings is 2. The molecular formula is C19H13ClN2O3. The molecule has 0 spiro atoms. The molecule has 5 nitrogen and oxygen atoms in total. The highest BCUT2D eigenvalue weighted by Crippen LogP contribution is 2.36. The molecule has 0 radical (unpaired) electrons. The lowest BCUT2D eigenvalue weighted by Gasteiger charge is -2.10. The second kappa shape index (κ2) is 6.11. The zero-order chi connectivity index (χ0) is 17.4. The minimum atomic E-state index is -0.307. The number of ether oxygens (including phenoxy) is 1. The molecule has 0 unspecified atom stereocenters. The van der Waals surface area contributed by atoms with Crippen LogP contribution in [0.1, 0.15) is 10.4 Å². The van der Waals surface area contributed by atoms with Crippen LogP contribution in [0.5, 0.6) is 5.75 Å². The summed E-state index contributed by atoms with van der Waals surface area (Å²) < 4.78 is 11.3. The lowest BCUT2D eigenvalue weighted by atomic mass is 10.1. The van der Waals surface area contributed by atoms with Gasteiger partial charge in [0.1, 0.15) is 22.1 Å². The summed E-state index contributed by atoms with van der Waals surface area (Å²) in [6.45, 7) is 0. The van der Waals surface area contributed by atoms with E-state index >= 15 is 0 Å². The number of carbonyl (C=O) groups excluding carboxylic acids is 1. The van der Waals surface area contributed by atoms with E-state index in [4.69, 9.17) is 20.8 Å². The van der Waals surface area contributed by atoms with E-state index in [0.29, 0.717) is 22.6 Å². The number of nitrogens with one attached hydrogen (secondary N) is 1. The van der Waals surface area contributed by atoms with Gasteiger partial charge in [0.25, 0.3) is 5.91 Å². The molecule has 0 aliphatic heterocycles. The summed E-state index contributed by atoms with van der Waals surface area (Å²) >= 11 is 5.84. The number of fused-ring (bicyclic) bond motifs is 3. The van der Waals surface area contributed by atoms with Gasteiger partial charge in [-0.05, 0) is 24.3 Å². The average molecular weight is 353 g/mol. The summed E-state index contributed by atoms with van der Waals surface area (Å²) in [5, 5.41) is 5.01. The first kappa shape index (κ1) is 15.5. The van der Waals surface area contributed by atoms with Crippen LogP contribution in [-0.4, -0.2) is 18.0 Å². The van der Waals surface area contributed by atoms with Gasteiger partial charge in [0.2, 0.25) is 0 Å². The van der Waals surface area contributed by atoms with E-state index in [1.807, 2.05) is 30.3 Å². The lowest BCUT2D eigenvalue weighted by molar-refractivity contribution is 0.102. The van der Waals surface area contributed by atoms with Crippen molar-refractivity contribution in [2.24, 2.45) is 0 Å². The first-order valence-corrected chi connectivity index (χ1v) is 7.95. The van der Waals surface area contributed by atoms with E-state index in [9.17, 15) is 4.79 Å². The monoisotopic (exact) mass is 352 g/mol. The molecule has 2 aromatic heterocycles. The predicted octanol–water partition coefficient (Wildman–Crippen LogP) is 4.90. The number of hydrogen-bond acceptors (Lipinski definition) is 4. The number of furan rings is 1. The molecular weight excluding hydrogens is 340 g/mol. The molecule has 0 atom stereocenters. The number of nitrogens with zero attached hydrogens (tertiary/aromatic N) is 1. The molecule has 0 saturated heterocycles. The molecule has 0 bridgehead atoms. The number of amides is 1. The summed E-state index contributed by atoms with van der Waals surface area (Å²) in [4.78, 5) is 16.3. The number of para-hydroxylation sites is 1. The Morgan fingerprint density at radius 2 is 1.96 bits per heavy atom. The zero-order valence-electron chi connectivity index (χ0n) is 13.2. The van der Waals surface area contributed by atoms with Crippen LogP contribution < -0.4 is 10.1 Å². The first-order chi connectivity index (χ1) is 12.2. The Balaban J connectivity index is 1.78. The summed E-state index contributed by atoms with van der Waals surface area (Å²) in [6.07, 6.45) is 1.48. The summed E-state index contributed by atoms with van der Waals surface area (Å²) in [6, 6.07) is 14.5. The van der Waals surface area contributed by atoms with Crippen LogP contribution in [0, 0.1) is 0 Å². The van der Waals surface area contributed by atoms with Crippen molar-refractivity contribution in [1.82, 2.24) is 4.98 Å². The molecule has 0 aliphatic carbocycles. The molecule has 2 heterocycles. The highest BCUT2D eigenvalue weighted by Gasteiger charge is 2.15. The largest absolute Gasteiger partial charge is 0.495 e. The fraction of sp³-hybridized carbons (Fsp3) is 0.0526. The normalized spacial score (nSPS) is 11.0. The van der Waals surface area contributed by atoms with Crippen molar-refractivity contribution in [2.45, 2.75) is 0 Å². The number of methoxy groups -OCH3 is 1. The SMILES string of the molecule is COc1cc2c(cc1NC(=O)c1ccnc(Cl)c1)oc1ccccc12. The number of rotatable bonds is 3. The minimum absolute atomic E-state index is 0.257. The first-order valence-electron chi connectivity index (χ1n) is 7.58. The van der Waals surface area contributed by atoms with Crippen molar-refractivity contribution < 1.29 is 13.9 Å². The highest BCUT2D eigenvalue weighted by atomic mass is 35.5. The van der Waals surface area contributed by atoms with E-state index in [1.165, 1.54) is 12.3 Å². The van der Waals surface area contributed by atoms with E-state index < -0.39 is 0 Å². The maximum absolute atomic E-state index is 12.5. The smallest absolute Gasteiger partial charge is 0.255 e. The Labute approximate surface area is 148 Å². The third-order valence-corrected chi connectivity index (χ3v) is 4.14. The minimum Gasteiger partial charge on any atom is -0.495 e. The van der Waals surface area contributed by atoms with Gasteiger partial charge in [-0.2, -0.15) is 0 Å². The van der Waals surface area contributed by atoms with E-state index in [0.717, 1.165) is 16.4 Å². The Bertz CT molecular complexity index is 1100. The van der Waals surface area contributed by atoms with Crippen LogP contribution >= 0.6 is 11.6 Å². The number of hydrogen-bond donors (Lipinski definition) is 1. The molecule has 0 saturated carbocycles. The van der Waals surface area contributed by atoms with Crippen molar-refractivity contribution in [3.63, 3.8) is 0 Å². The third-order valence-electron chi connectivity index (χ3n) is 3.94. The average Bonchev–Trinajstić information content (AvgIpc) is 2.98. The molecule has 124 valence electrons. The van der Waals surface area contributed by atoms with Crippen LogP contribution in [-0.2, 0) is 0 Å². The summed E-state index contributed by atoms with van der Waals surface area (Å²) in [5.41, 5.74) is 2.38. The second-order valence-electron chi connectivity index (χ2n) is 5.47. The number of pyridine rings is 1. The molecule has 4 rings (SSSR count). The van der Waals surface area contributed by atoms with Crippen molar-refractivity contribution in [3.8, 4) is 5.75 Å². The van der Waals surface area contributed by atoms with Crippen LogP contribution in [0.15, 0.2) is 59.1 Å². The van der Waals surface area contributed by atoms with E-state index in [2.05, 4.69) is 10.3 Å². The van der Waals surface area contributed by atoms with Crippen LogP contribution in [0.25, 0.3) is 21.9 Å². The Kier molecular flexibility index (Phi) is 3.78. The Morgan fingerprint density at radius 3 is 2.76 bits per heavy atom. The fourth-order valence-corrected chi connectivity index (χ4v) is 2.93. The molecule has 6 heteroatoms. The van der Waals surface area contributed by atoms with Gasteiger partial charge >= 0.3 is 0 Å². The highest BCUT2D eigenvalue weighted by molar-refractivity contribution is 6.29. The standard InChI is InChI=1S/C19H13ClN2O3/c1-24-17-9-13-12-4-2-3-5-15(12)25-16(13)10-14(17)22-19(23)11-6-7-21-18(20)8-11/h2-10H,1H3,(H,22,23). The molecule has 2 aromatic carbocycles. The number of carbonyl (C=O) groups is 1. The molecule has 1 N–H and O–H groups in total. The van der Waals surface area contributed by atoms with Gasteiger partial charge in [-0.1, -0.05) is 29.8 Å². The summed E-state index contributed by atoms with van der Waals surface area (Å²) in [5.74, 6) is 0.241. The van der Waals surface area contributed by atoms with Crippen molar-refractivity contribution in [1.29, 1.82) is 0 Å². The topological polar surface area (TPSA) is 64.4 Å². The Morgan fingerprint density at radius 1 is 1.12 bits per heavy atom. The number of aromatic nitrogens is 1. The molecule has 25 heavy (non-hydrogen) atoms. The van der Waals surface area contributed by atoms with Gasteiger partial charge in [0, 0.05) is 28.6 Å². The van der Waals surface area contributed by atoms with E-state index in [1.54, 1.807) is 19.2 Å². The van der Waals surface area contributed by atoms with Crippen LogP contribution in [0.3, 0.4) is 0 Å². The van der Waals surface area contributed by atoms with E-state index in [-0.39, 0.29) is 11.1 Å². The molecule has 0 fully saturated rings. The van der Waals surface area contributed by atoms with Gasteiger partial charge in [-0.3, -0.25) is 4.79 Å². The lowest BCUT2D eigenvalue weighted by Crippen LogP contribution is -2.12. The molecule has 1 amide bonds. The van der Waals surface area contributed by atoms with Gasteiger partial charge in [0.05, 0.1) is 12.8 Å². The quantitative estimate of drug-likeness (QED) is 0.533. The van der Waals surface area contributed by atoms with Crippen molar-refractivity contribution in [3.05, 3.63) is 65.4 Å². The number of anilines is 1. The van der Waals surface area contributed by atoms with Crippen molar-refractivity contribution in [2.75, 3.05) is 12.4 Å². The van der Waals surface area contributed by atoms with Crippen molar-refractivity contribution >= 4 is 45.1 Å². The fourth-order valence-electron chi connectivity index (χ4n) is 2.76. The Hall–Kier alpha value is -3.05. The third kappa shape index (κ3) is 2.79. The van der Waals surface area contributed by atoms with Gasteiger partial charge in [-0.25, -0.2) is 4.98 Å². The second-order valence-corrected chi connectivity index (χ2v) is 5.86. The van der Waals surface area contributed by atoms with Gasteiger partial charge < -0.3 is 14.5 Å². The van der Waals surface area contributed by atoms with Crippen LogP contribution in [0.2, 0.25) is 5.15 Å². The molecule has 4 aromatic rings. The van der Waals surface area contributed by atoms with Crippen LogP contribution in [0.4, 0.5) is 5.69 Å². The predicted molar refractivity (Wildman–Crippen MR) is 97.5 cm³/mol.